The van der Waals surface area contributed by atoms with Crippen molar-refractivity contribution in [1.82, 2.24) is 4.90 Å². The molecule has 2 rings (SSSR count). The monoisotopic (exact) mass is 308 g/mol. The van der Waals surface area contributed by atoms with Gasteiger partial charge in [0.2, 0.25) is 5.91 Å². The van der Waals surface area contributed by atoms with Gasteiger partial charge in [0.15, 0.2) is 0 Å². The van der Waals surface area contributed by atoms with Crippen molar-refractivity contribution in [2.45, 2.75) is 63.5 Å². The topological polar surface area (TPSA) is 87.0 Å². The first-order chi connectivity index (χ1) is 10.5. The molecule has 1 saturated heterocycles. The Kier molecular flexibility index (Phi) is 5.32. The summed E-state index contributed by atoms with van der Waals surface area (Å²) in [6, 6.07) is -0.767. The molecule has 0 aromatic heterocycles. The predicted octanol–water partition coefficient (Wildman–Crippen LogP) is 1.67. The molecule has 6 nitrogen and oxygen atoms in total. The maximum absolute atomic E-state index is 12.6. The van der Waals surface area contributed by atoms with Gasteiger partial charge >= 0.3 is 5.97 Å². The van der Waals surface area contributed by atoms with E-state index in [4.69, 9.17) is 5.11 Å². The fourth-order valence-electron chi connectivity index (χ4n) is 3.89. The highest BCUT2D eigenvalue weighted by atomic mass is 16.4. The molecule has 0 spiro atoms. The summed E-state index contributed by atoms with van der Waals surface area (Å²) >= 11 is 0. The fraction of sp³-hybridized carbons (Fsp3) is 0.750. The number of amides is 1. The Hall–Kier alpha value is -1.72. The number of carbonyl (C=O) groups excluding carboxylic acids is 2. The van der Waals surface area contributed by atoms with Crippen LogP contribution in [0.1, 0.15) is 51.9 Å². The lowest BCUT2D eigenvalue weighted by atomic mass is 9.73. The minimum Gasteiger partial charge on any atom is -0.477 e. The Morgan fingerprint density at radius 3 is 2.55 bits per heavy atom. The molecule has 1 amide bonds. The Labute approximate surface area is 130 Å². The Balaban J connectivity index is 2.18. The molecule has 0 unspecified atom stereocenters. The van der Waals surface area contributed by atoms with Crippen LogP contribution in [0, 0.1) is 5.92 Å². The van der Waals surface area contributed by atoms with Crippen LogP contribution in [-0.4, -0.2) is 52.5 Å². The molecular formula is C16H24N2O4. The van der Waals surface area contributed by atoms with E-state index in [1.807, 2.05) is 0 Å². The summed E-state index contributed by atoms with van der Waals surface area (Å²) in [4.78, 5) is 40.5. The van der Waals surface area contributed by atoms with Crippen molar-refractivity contribution in [3.63, 3.8) is 0 Å². The minimum absolute atomic E-state index is 0.223. The average molecular weight is 308 g/mol. The van der Waals surface area contributed by atoms with Crippen LogP contribution in [0.25, 0.3) is 0 Å². The molecule has 6 heteroatoms. The molecule has 1 N–H and O–H groups in total. The van der Waals surface area contributed by atoms with Crippen LogP contribution in [0.4, 0.5) is 0 Å². The van der Waals surface area contributed by atoms with Crippen LogP contribution in [-0.2, 0) is 14.4 Å². The molecule has 0 bridgehead atoms. The summed E-state index contributed by atoms with van der Waals surface area (Å²) in [7, 11) is 0. The second-order valence-electron chi connectivity index (χ2n) is 6.33. The SMILES string of the molecule is C[C@H](N=CC(=O)O)C(=O)N1CCC[C@]1(C=O)C1CCCCC1. The number of hydrogen-bond donors (Lipinski definition) is 1. The fourth-order valence-corrected chi connectivity index (χ4v) is 3.89. The van der Waals surface area contributed by atoms with Gasteiger partial charge in [0.1, 0.15) is 24.1 Å². The van der Waals surface area contributed by atoms with E-state index in [0.29, 0.717) is 13.0 Å². The maximum atomic E-state index is 12.6. The highest BCUT2D eigenvalue weighted by Crippen LogP contribution is 2.42. The van der Waals surface area contributed by atoms with E-state index < -0.39 is 17.6 Å². The number of hydrogen-bond acceptors (Lipinski definition) is 4. The van der Waals surface area contributed by atoms with Crippen LogP contribution in [0.3, 0.4) is 0 Å². The van der Waals surface area contributed by atoms with Crippen molar-refractivity contribution in [2.75, 3.05) is 6.54 Å². The Bertz CT molecular complexity index is 471. The van der Waals surface area contributed by atoms with Crippen molar-refractivity contribution in [3.05, 3.63) is 0 Å². The molecule has 2 aliphatic rings. The first-order valence-corrected chi connectivity index (χ1v) is 8.05. The molecule has 1 heterocycles. The van der Waals surface area contributed by atoms with Gasteiger partial charge < -0.3 is 14.8 Å². The molecule has 1 aliphatic carbocycles. The third kappa shape index (κ3) is 3.20. The molecule has 1 aliphatic heterocycles. The maximum Gasteiger partial charge on any atom is 0.346 e. The smallest absolute Gasteiger partial charge is 0.346 e. The van der Waals surface area contributed by atoms with E-state index in [2.05, 4.69) is 4.99 Å². The van der Waals surface area contributed by atoms with E-state index in [0.717, 1.165) is 44.6 Å². The highest BCUT2D eigenvalue weighted by Gasteiger charge is 2.49. The van der Waals surface area contributed by atoms with Crippen LogP contribution < -0.4 is 0 Å². The van der Waals surface area contributed by atoms with Gasteiger partial charge in [0.25, 0.3) is 0 Å². The Morgan fingerprint density at radius 1 is 1.27 bits per heavy atom. The van der Waals surface area contributed by atoms with Crippen LogP contribution >= 0.6 is 0 Å². The zero-order chi connectivity index (χ0) is 16.2. The summed E-state index contributed by atoms with van der Waals surface area (Å²) in [6.07, 6.45) is 8.61. The van der Waals surface area contributed by atoms with E-state index in [1.165, 1.54) is 6.42 Å². The highest BCUT2D eigenvalue weighted by molar-refractivity contribution is 6.22. The van der Waals surface area contributed by atoms with Crippen LogP contribution in [0.2, 0.25) is 0 Å². The van der Waals surface area contributed by atoms with Crippen molar-refractivity contribution >= 4 is 24.4 Å². The van der Waals surface area contributed by atoms with Crippen molar-refractivity contribution in [3.8, 4) is 0 Å². The van der Waals surface area contributed by atoms with Gasteiger partial charge in [-0.2, -0.15) is 0 Å². The zero-order valence-corrected chi connectivity index (χ0v) is 13.0. The molecule has 122 valence electrons. The van der Waals surface area contributed by atoms with Gasteiger partial charge in [0.05, 0.1) is 0 Å². The number of likely N-dealkylation sites (tertiary alicyclic amines) is 1. The van der Waals surface area contributed by atoms with E-state index in [-0.39, 0.29) is 11.8 Å². The van der Waals surface area contributed by atoms with E-state index in [1.54, 1.807) is 11.8 Å². The Morgan fingerprint density at radius 2 is 1.95 bits per heavy atom. The summed E-state index contributed by atoms with van der Waals surface area (Å²) in [5.41, 5.74) is -0.704. The summed E-state index contributed by atoms with van der Waals surface area (Å²) < 4.78 is 0. The number of carboxylic acids is 1. The van der Waals surface area contributed by atoms with Crippen LogP contribution in [0.15, 0.2) is 4.99 Å². The molecule has 0 aromatic rings. The van der Waals surface area contributed by atoms with Gasteiger partial charge in [0, 0.05) is 6.54 Å². The minimum atomic E-state index is -1.17. The normalized spacial score (nSPS) is 28.0. The quantitative estimate of drug-likeness (QED) is 0.618. The zero-order valence-electron chi connectivity index (χ0n) is 13.0. The number of aldehydes is 1. The van der Waals surface area contributed by atoms with Gasteiger partial charge in [-0.15, -0.1) is 0 Å². The van der Waals surface area contributed by atoms with Crippen LogP contribution in [0.5, 0.6) is 0 Å². The third-order valence-electron chi connectivity index (χ3n) is 5.01. The summed E-state index contributed by atoms with van der Waals surface area (Å²) in [5.74, 6) is -1.19. The van der Waals surface area contributed by atoms with E-state index >= 15 is 0 Å². The lowest BCUT2D eigenvalue weighted by Crippen LogP contribution is -2.56. The third-order valence-corrected chi connectivity index (χ3v) is 5.01. The number of carboxylic acid groups (broad SMARTS) is 1. The van der Waals surface area contributed by atoms with Gasteiger partial charge in [-0.1, -0.05) is 19.3 Å². The number of carbonyl (C=O) groups is 3. The molecule has 2 atom stereocenters. The number of nitrogens with zero attached hydrogens (tertiary/aromatic N) is 2. The largest absolute Gasteiger partial charge is 0.477 e. The molecule has 0 aromatic carbocycles. The van der Waals surface area contributed by atoms with Crippen molar-refractivity contribution in [1.29, 1.82) is 0 Å². The standard InChI is InChI=1S/C16H24N2O4/c1-12(17-10-14(20)21)15(22)18-9-5-8-16(18,11-19)13-6-3-2-4-7-13/h10-13H,2-9H2,1H3,(H,20,21)/t12-,16-/m0/s1. The first-order valence-electron chi connectivity index (χ1n) is 8.05. The molecule has 2 fully saturated rings. The molecule has 0 radical (unpaired) electrons. The van der Waals surface area contributed by atoms with E-state index in [9.17, 15) is 14.4 Å². The van der Waals surface area contributed by atoms with Crippen molar-refractivity contribution < 1.29 is 19.5 Å². The summed E-state index contributed by atoms with van der Waals surface area (Å²) in [5, 5.41) is 8.63. The van der Waals surface area contributed by atoms with Crippen molar-refractivity contribution in [2.24, 2.45) is 10.9 Å². The predicted molar refractivity (Wildman–Crippen MR) is 81.9 cm³/mol. The molecule has 1 saturated carbocycles. The number of aliphatic imine (C=N–C) groups is 1. The molecular weight excluding hydrogens is 284 g/mol. The first kappa shape index (κ1) is 16.6. The second-order valence-corrected chi connectivity index (χ2v) is 6.33. The number of rotatable bonds is 5. The lowest BCUT2D eigenvalue weighted by molar-refractivity contribution is -0.143. The molecule has 22 heavy (non-hydrogen) atoms. The van der Waals surface area contributed by atoms with Gasteiger partial charge in [-0.3, -0.25) is 9.79 Å². The average Bonchev–Trinajstić information content (AvgIpc) is 2.97. The second kappa shape index (κ2) is 7.03. The summed E-state index contributed by atoms with van der Waals surface area (Å²) in [6.45, 7) is 2.14. The van der Waals surface area contributed by atoms with Gasteiger partial charge in [-0.05, 0) is 38.5 Å². The van der Waals surface area contributed by atoms with Gasteiger partial charge in [-0.25, -0.2) is 4.79 Å². The number of aliphatic carboxylic acids is 1. The lowest BCUT2D eigenvalue weighted by Gasteiger charge is -2.42.